The van der Waals surface area contributed by atoms with Gasteiger partial charge in [-0.2, -0.15) is 5.26 Å². The summed E-state index contributed by atoms with van der Waals surface area (Å²) in [6.45, 7) is 3.23. The van der Waals surface area contributed by atoms with E-state index >= 15 is 0 Å². The fourth-order valence-electron chi connectivity index (χ4n) is 4.01. The van der Waals surface area contributed by atoms with Crippen molar-refractivity contribution in [1.29, 1.82) is 5.26 Å². The molecule has 12 nitrogen and oxygen atoms in total. The zero-order valence-corrected chi connectivity index (χ0v) is 20.9. The zero-order chi connectivity index (χ0) is 26.6. The fraction of sp³-hybridized carbons (Fsp3) is 0.318. The Hall–Kier alpha value is -3.33. The lowest BCUT2D eigenvalue weighted by molar-refractivity contribution is 0.0701. The van der Waals surface area contributed by atoms with Crippen molar-refractivity contribution in [2.24, 2.45) is 10.7 Å². The van der Waals surface area contributed by atoms with Gasteiger partial charge in [0, 0.05) is 24.7 Å². The topological polar surface area (TPSA) is 201 Å². The molecule has 6 N–H and O–H groups in total. The minimum Gasteiger partial charge on any atom is -0.477 e. The van der Waals surface area contributed by atoms with Gasteiger partial charge in [0.25, 0.3) is 0 Å². The second kappa shape index (κ2) is 11.2. The third-order valence-electron chi connectivity index (χ3n) is 5.55. The molecule has 0 unspecified atom stereocenters. The highest BCUT2D eigenvalue weighted by molar-refractivity contribution is 7.45. The van der Waals surface area contributed by atoms with Crippen molar-refractivity contribution in [2.75, 3.05) is 13.1 Å². The summed E-state index contributed by atoms with van der Waals surface area (Å²) in [6, 6.07) is 9.34. The lowest BCUT2D eigenvalue weighted by Gasteiger charge is -2.40. The van der Waals surface area contributed by atoms with E-state index in [1.54, 1.807) is 24.0 Å². The highest BCUT2D eigenvalue weighted by Crippen LogP contribution is 2.44. The predicted molar refractivity (Wildman–Crippen MR) is 132 cm³/mol. The number of hydrogen-bond donors (Lipinski definition) is 5. The van der Waals surface area contributed by atoms with Gasteiger partial charge >= 0.3 is 13.8 Å². The number of aliphatic imine (C=N–C) groups is 1. The third-order valence-corrected chi connectivity index (χ3v) is 6.83. The number of guanidine groups is 1. The number of carboxylic acids is 1. The van der Waals surface area contributed by atoms with Gasteiger partial charge in [0.15, 0.2) is 5.94 Å². The highest BCUT2D eigenvalue weighted by atomic mass is 32.1. The van der Waals surface area contributed by atoms with E-state index in [1.807, 2.05) is 23.0 Å². The number of aromatic carboxylic acids is 1. The Morgan fingerprint density at radius 3 is 2.58 bits per heavy atom. The first kappa shape index (κ1) is 27.3. The number of piperidine rings is 1. The molecule has 0 aliphatic carbocycles. The van der Waals surface area contributed by atoms with Gasteiger partial charge in [-0.3, -0.25) is 4.90 Å². The number of thiophene rings is 1. The lowest BCUT2D eigenvalue weighted by Crippen LogP contribution is -2.51. The van der Waals surface area contributed by atoms with Crippen LogP contribution in [-0.2, 0) is 15.9 Å². The second-order valence-electron chi connectivity index (χ2n) is 8.12. The molecular weight excluding hydrogens is 509 g/mol. The Balaban J connectivity index is 0.000000658. The maximum atomic E-state index is 12.2. The summed E-state index contributed by atoms with van der Waals surface area (Å²) in [5.74, 6) is 1.49. The molecule has 2 aromatic rings. The molecule has 0 amide bonds. The normalized spacial score (nSPS) is 17.3. The van der Waals surface area contributed by atoms with Crippen LogP contribution in [0.3, 0.4) is 0 Å². The Morgan fingerprint density at radius 1 is 1.33 bits per heavy atom. The molecule has 1 saturated heterocycles. The summed E-state index contributed by atoms with van der Waals surface area (Å²) in [4.78, 5) is 54.6. The minimum absolute atomic E-state index is 0.0205. The maximum absolute atomic E-state index is 12.2. The molecule has 2 aliphatic rings. The quantitative estimate of drug-likeness (QED) is 0.284. The average Bonchev–Trinajstić information content (AvgIpc) is 3.14. The zero-order valence-electron chi connectivity index (χ0n) is 19.2. The minimum atomic E-state index is -4.64. The molecule has 3 heterocycles. The number of nitrogens with zero attached hydrogens (tertiary/aromatic N) is 4. The summed E-state index contributed by atoms with van der Waals surface area (Å²) in [6.07, 6.45) is 1.79. The van der Waals surface area contributed by atoms with Crippen molar-refractivity contribution in [1.82, 2.24) is 9.80 Å². The van der Waals surface area contributed by atoms with Crippen LogP contribution in [0.5, 0.6) is 0 Å². The molecule has 1 atom stereocenters. The standard InChI is InChI=1S/C22H21N5O3S.H3O4P/c1-13-18-20(31-19(13)21(29)30)17(12-28)27(10-15-6-3-2-5-14(15)9-23)22(25-18)26-8-4-7-16(24)11-26;1-5(2,3)4/h2-3,5-6,16H,4,7-8,10-11,24H2,1H3,(H,29,30);(H3,1,2,3,4)/t16-;/m1./s1. The van der Waals surface area contributed by atoms with Crippen molar-refractivity contribution in [3.8, 4) is 6.07 Å². The van der Waals surface area contributed by atoms with Crippen LogP contribution in [0.15, 0.2) is 29.3 Å². The maximum Gasteiger partial charge on any atom is 0.466 e. The van der Waals surface area contributed by atoms with Crippen molar-refractivity contribution in [3.63, 3.8) is 0 Å². The van der Waals surface area contributed by atoms with Crippen LogP contribution in [0.1, 0.15) is 44.1 Å². The monoisotopic (exact) mass is 533 g/mol. The number of fused-ring (bicyclic) bond motifs is 1. The van der Waals surface area contributed by atoms with Gasteiger partial charge in [0.05, 0.1) is 28.7 Å². The SMILES string of the molecule is Cc1c(C(=O)O)sc2c1N=C(N1CCC[C@@H](N)C1)N(Cc1ccccc1C#N)C2=C=O.O=P(O)(O)O. The molecule has 1 fully saturated rings. The molecule has 0 saturated carbocycles. The molecular formula is C22H24N5O7PS. The van der Waals surface area contributed by atoms with E-state index in [4.69, 9.17) is 30.0 Å². The van der Waals surface area contributed by atoms with Crippen molar-refractivity contribution < 1.29 is 33.9 Å². The number of carbonyl (C=O) groups is 1. The first-order valence-electron chi connectivity index (χ1n) is 10.7. The molecule has 1 aromatic heterocycles. The van der Waals surface area contributed by atoms with Crippen LogP contribution >= 0.6 is 19.2 Å². The summed E-state index contributed by atoms with van der Waals surface area (Å²) >= 11 is 1.02. The number of likely N-dealkylation sites (tertiary alicyclic amines) is 1. The van der Waals surface area contributed by atoms with E-state index in [2.05, 4.69) is 6.07 Å². The van der Waals surface area contributed by atoms with E-state index < -0.39 is 13.8 Å². The molecule has 1 aromatic carbocycles. The van der Waals surface area contributed by atoms with Crippen molar-refractivity contribution >= 4 is 48.4 Å². The lowest BCUT2D eigenvalue weighted by atomic mass is 10.1. The summed E-state index contributed by atoms with van der Waals surface area (Å²) in [5.41, 5.74) is 8.67. The van der Waals surface area contributed by atoms with E-state index in [1.165, 1.54) is 0 Å². The summed E-state index contributed by atoms with van der Waals surface area (Å²) < 4.78 is 8.88. The number of rotatable bonds is 3. The molecule has 36 heavy (non-hydrogen) atoms. The molecule has 2 aliphatic heterocycles. The number of benzene rings is 1. The van der Waals surface area contributed by atoms with Crippen LogP contribution in [0.25, 0.3) is 5.70 Å². The van der Waals surface area contributed by atoms with Gasteiger partial charge in [-0.25, -0.2) is 19.1 Å². The molecule has 0 radical (unpaired) electrons. The van der Waals surface area contributed by atoms with Crippen LogP contribution in [0.2, 0.25) is 0 Å². The van der Waals surface area contributed by atoms with Crippen LogP contribution < -0.4 is 5.73 Å². The van der Waals surface area contributed by atoms with E-state index in [0.717, 1.165) is 36.3 Å². The van der Waals surface area contributed by atoms with Gasteiger partial charge in [0.1, 0.15) is 10.6 Å². The number of nitrogens with two attached hydrogens (primary N) is 1. The number of hydrogen-bond acceptors (Lipinski definition) is 9. The van der Waals surface area contributed by atoms with Gasteiger partial charge in [-0.1, -0.05) is 18.2 Å². The first-order valence-corrected chi connectivity index (χ1v) is 13.1. The Morgan fingerprint density at radius 2 is 2.00 bits per heavy atom. The van der Waals surface area contributed by atoms with Gasteiger partial charge in [-0.05, 0) is 31.4 Å². The molecule has 0 bridgehead atoms. The van der Waals surface area contributed by atoms with Gasteiger partial charge < -0.3 is 30.4 Å². The molecule has 4 rings (SSSR count). The Labute approximate surface area is 210 Å². The fourth-order valence-corrected chi connectivity index (χ4v) is 5.09. The number of carboxylic acid groups (broad SMARTS) is 1. The van der Waals surface area contributed by atoms with Crippen molar-refractivity contribution in [3.05, 3.63) is 50.7 Å². The van der Waals surface area contributed by atoms with Gasteiger partial charge in [-0.15, -0.1) is 11.3 Å². The Kier molecular flexibility index (Phi) is 8.45. The highest BCUT2D eigenvalue weighted by Gasteiger charge is 2.35. The second-order valence-corrected chi connectivity index (χ2v) is 10.2. The van der Waals surface area contributed by atoms with E-state index in [0.29, 0.717) is 34.2 Å². The largest absolute Gasteiger partial charge is 0.477 e. The number of nitriles is 1. The predicted octanol–water partition coefficient (Wildman–Crippen LogP) is 1.80. The molecule has 14 heteroatoms. The number of phosphoric acid groups is 1. The summed E-state index contributed by atoms with van der Waals surface area (Å²) in [5, 5.41) is 19.1. The van der Waals surface area contributed by atoms with Crippen molar-refractivity contribution in [2.45, 2.75) is 32.4 Å². The molecule has 190 valence electrons. The van der Waals surface area contributed by atoms with Crippen LogP contribution in [0.4, 0.5) is 5.69 Å². The first-order chi connectivity index (χ1) is 16.9. The van der Waals surface area contributed by atoms with Crippen LogP contribution in [0, 0.1) is 18.3 Å². The third kappa shape index (κ3) is 6.26. The summed E-state index contributed by atoms with van der Waals surface area (Å²) in [7, 11) is -4.64. The van der Waals surface area contributed by atoms with E-state index in [-0.39, 0.29) is 23.2 Å². The molecule has 0 spiro atoms. The number of carbonyl (C=O) groups excluding carboxylic acids is 1. The smallest absolute Gasteiger partial charge is 0.466 e. The average molecular weight is 534 g/mol. The Bertz CT molecular complexity index is 1330. The van der Waals surface area contributed by atoms with Gasteiger partial charge in [0.2, 0.25) is 5.96 Å². The van der Waals surface area contributed by atoms with E-state index in [9.17, 15) is 20.0 Å². The van der Waals surface area contributed by atoms with Crippen LogP contribution in [-0.4, -0.2) is 66.6 Å².